The van der Waals surface area contributed by atoms with Crippen molar-refractivity contribution in [2.24, 2.45) is 16.1 Å². The number of carbonyl (C=O) groups excluding carboxylic acids is 1. The Balaban J connectivity index is 1.47. The molecular weight excluding hydrogens is 282 g/mol. The van der Waals surface area contributed by atoms with E-state index in [2.05, 4.69) is 20.2 Å². The minimum absolute atomic E-state index is 0.138. The lowest BCUT2D eigenvalue weighted by atomic mass is 9.88. The number of carbonyl (C=O) groups is 1. The third-order valence-electron chi connectivity index (χ3n) is 4.91. The Hall–Kier alpha value is -2.05. The van der Waals surface area contributed by atoms with E-state index in [9.17, 15) is 9.59 Å². The molecule has 7 heteroatoms. The highest BCUT2D eigenvalue weighted by atomic mass is 16.2. The lowest BCUT2D eigenvalue weighted by molar-refractivity contribution is 0.0664. The molecule has 0 unspecified atom stereocenters. The summed E-state index contributed by atoms with van der Waals surface area (Å²) in [6.45, 7) is 3.39. The van der Waals surface area contributed by atoms with Crippen molar-refractivity contribution in [2.75, 3.05) is 13.1 Å². The van der Waals surface area contributed by atoms with Gasteiger partial charge in [0.2, 0.25) is 0 Å². The van der Waals surface area contributed by atoms with Gasteiger partial charge in [0.15, 0.2) is 5.66 Å². The van der Waals surface area contributed by atoms with Crippen LogP contribution < -0.4 is 5.56 Å². The Bertz CT molecular complexity index is 692. The van der Waals surface area contributed by atoms with Gasteiger partial charge < -0.3 is 9.88 Å². The molecule has 3 heterocycles. The molecule has 2 fully saturated rings. The molecule has 0 radical (unpaired) electrons. The molecule has 7 nitrogen and oxygen atoms in total. The van der Waals surface area contributed by atoms with Crippen LogP contribution in [0.3, 0.4) is 0 Å². The number of nitrogens with one attached hydrogen (secondary N) is 1. The van der Waals surface area contributed by atoms with Crippen LogP contribution in [0.15, 0.2) is 21.1 Å². The first-order chi connectivity index (χ1) is 10.5. The van der Waals surface area contributed by atoms with E-state index in [1.165, 1.54) is 6.07 Å². The molecule has 0 aromatic carbocycles. The van der Waals surface area contributed by atoms with Gasteiger partial charge in [0.05, 0.1) is 0 Å². The number of nitrogens with zero attached hydrogens (tertiary/aromatic N) is 4. The lowest BCUT2D eigenvalue weighted by Gasteiger charge is -2.33. The molecule has 1 N–H and O–H groups in total. The van der Waals surface area contributed by atoms with Crippen molar-refractivity contribution in [2.45, 2.75) is 44.2 Å². The van der Waals surface area contributed by atoms with Crippen LogP contribution in [0.25, 0.3) is 0 Å². The first kappa shape index (κ1) is 13.6. The fraction of sp³-hybridized carbons (Fsp3) is 0.667. The second kappa shape index (κ2) is 4.72. The monoisotopic (exact) mass is 301 g/mol. The summed E-state index contributed by atoms with van der Waals surface area (Å²) < 4.78 is 0. The number of hydrogen-bond acceptors (Lipinski definition) is 5. The molecule has 4 rings (SSSR count). The normalized spacial score (nSPS) is 23.6. The molecule has 0 spiro atoms. The molecule has 1 aromatic heterocycles. The number of hydrogen-bond donors (Lipinski definition) is 1. The Labute approximate surface area is 127 Å². The Kier molecular flexibility index (Phi) is 2.92. The van der Waals surface area contributed by atoms with Gasteiger partial charge in [-0.25, -0.2) is 4.98 Å². The third kappa shape index (κ3) is 2.44. The molecule has 2 aliphatic heterocycles. The molecule has 1 saturated carbocycles. The maximum atomic E-state index is 12.6. The number of piperidine rings is 1. The zero-order valence-electron chi connectivity index (χ0n) is 12.6. The van der Waals surface area contributed by atoms with Crippen LogP contribution in [-0.2, 0) is 0 Å². The summed E-state index contributed by atoms with van der Waals surface area (Å²) in [6.07, 6.45) is 3.87. The van der Waals surface area contributed by atoms with Gasteiger partial charge in [0, 0.05) is 31.0 Å². The smallest absolute Gasteiger partial charge is 0.272 e. The van der Waals surface area contributed by atoms with E-state index in [4.69, 9.17) is 0 Å². The Morgan fingerprint density at radius 3 is 2.55 bits per heavy atom. The molecule has 3 aliphatic rings. The lowest BCUT2D eigenvalue weighted by Crippen LogP contribution is -2.42. The highest BCUT2D eigenvalue weighted by Crippen LogP contribution is 2.41. The van der Waals surface area contributed by atoms with E-state index in [-0.39, 0.29) is 22.8 Å². The van der Waals surface area contributed by atoms with Gasteiger partial charge in [-0.2, -0.15) is 10.2 Å². The third-order valence-corrected chi connectivity index (χ3v) is 4.91. The van der Waals surface area contributed by atoms with Crippen LogP contribution in [0, 0.1) is 5.92 Å². The van der Waals surface area contributed by atoms with Crippen LogP contribution in [0.4, 0.5) is 0 Å². The summed E-state index contributed by atoms with van der Waals surface area (Å²) in [5.74, 6) is 1.27. The van der Waals surface area contributed by atoms with E-state index >= 15 is 0 Å². The highest BCUT2D eigenvalue weighted by Gasteiger charge is 2.44. The molecule has 116 valence electrons. The number of aromatic nitrogens is 2. The average Bonchev–Trinajstić information content (AvgIpc) is 3.42. The first-order valence-electron chi connectivity index (χ1n) is 7.90. The van der Waals surface area contributed by atoms with Gasteiger partial charge >= 0.3 is 0 Å². The van der Waals surface area contributed by atoms with Crippen LogP contribution >= 0.6 is 0 Å². The van der Waals surface area contributed by atoms with E-state index in [0.29, 0.717) is 30.7 Å². The van der Waals surface area contributed by atoms with Crippen molar-refractivity contribution >= 4 is 5.91 Å². The van der Waals surface area contributed by atoms with Crippen molar-refractivity contribution in [1.29, 1.82) is 0 Å². The molecular formula is C15H19N5O2. The molecule has 1 aromatic rings. The highest BCUT2D eigenvalue weighted by molar-refractivity contribution is 5.92. The van der Waals surface area contributed by atoms with E-state index in [1.54, 1.807) is 4.90 Å². The molecule has 22 heavy (non-hydrogen) atoms. The van der Waals surface area contributed by atoms with Crippen molar-refractivity contribution in [3.8, 4) is 0 Å². The average molecular weight is 301 g/mol. The fourth-order valence-corrected chi connectivity index (χ4v) is 3.17. The number of likely N-dealkylation sites (tertiary alicyclic amines) is 1. The van der Waals surface area contributed by atoms with Crippen LogP contribution in [0.5, 0.6) is 0 Å². The van der Waals surface area contributed by atoms with Crippen molar-refractivity contribution in [1.82, 2.24) is 14.9 Å². The summed E-state index contributed by atoms with van der Waals surface area (Å²) in [5, 5.41) is 8.20. The fourth-order valence-electron chi connectivity index (χ4n) is 3.17. The van der Waals surface area contributed by atoms with Crippen LogP contribution in [0.2, 0.25) is 0 Å². The van der Waals surface area contributed by atoms with Gasteiger partial charge in [0.25, 0.3) is 11.5 Å². The molecule has 1 aliphatic carbocycles. The molecule has 1 saturated heterocycles. The topological polar surface area (TPSA) is 90.8 Å². The van der Waals surface area contributed by atoms with E-state index in [0.717, 1.165) is 25.7 Å². The number of aromatic amines is 1. The van der Waals surface area contributed by atoms with E-state index in [1.807, 2.05) is 6.92 Å². The van der Waals surface area contributed by atoms with Gasteiger partial charge in [-0.3, -0.25) is 9.59 Å². The second-order valence-corrected chi connectivity index (χ2v) is 6.65. The number of amides is 1. The summed E-state index contributed by atoms with van der Waals surface area (Å²) >= 11 is 0. The summed E-state index contributed by atoms with van der Waals surface area (Å²) in [6, 6.07) is 1.31. The van der Waals surface area contributed by atoms with Crippen LogP contribution in [0.1, 0.15) is 54.8 Å². The maximum Gasteiger partial charge on any atom is 0.272 e. The quantitative estimate of drug-likeness (QED) is 0.920. The maximum absolute atomic E-state index is 12.6. The summed E-state index contributed by atoms with van der Waals surface area (Å²) in [5.41, 5.74) is -0.175. The minimum atomic E-state index is -0.238. The number of H-pyrrole nitrogens is 1. The zero-order chi connectivity index (χ0) is 15.3. The standard InChI is InChI=1S/C15H19N5O2/c1-15(18-19-15)10-4-6-20(7-5-10)14(22)11-8-12(21)17-13(16-11)9-2-3-9/h8-10H,2-7H2,1H3,(H,16,17,21). The largest absolute Gasteiger partial charge is 0.337 e. The zero-order valence-corrected chi connectivity index (χ0v) is 12.6. The van der Waals surface area contributed by atoms with Crippen molar-refractivity contribution < 1.29 is 4.79 Å². The molecule has 1 amide bonds. The first-order valence-corrected chi connectivity index (χ1v) is 7.90. The predicted molar refractivity (Wildman–Crippen MR) is 78.7 cm³/mol. The van der Waals surface area contributed by atoms with Crippen molar-refractivity contribution in [3.63, 3.8) is 0 Å². The van der Waals surface area contributed by atoms with Crippen LogP contribution in [-0.4, -0.2) is 39.5 Å². The Morgan fingerprint density at radius 2 is 1.95 bits per heavy atom. The second-order valence-electron chi connectivity index (χ2n) is 6.65. The number of rotatable bonds is 3. The SMILES string of the molecule is CC1(C2CCN(C(=O)c3cc(=O)[nH]c(C4CC4)n3)CC2)N=N1. The Morgan fingerprint density at radius 1 is 1.27 bits per heavy atom. The summed E-state index contributed by atoms with van der Waals surface area (Å²) in [7, 11) is 0. The van der Waals surface area contributed by atoms with Gasteiger partial charge in [-0.15, -0.1) is 0 Å². The van der Waals surface area contributed by atoms with Gasteiger partial charge in [-0.05, 0) is 32.6 Å². The molecule has 0 atom stereocenters. The molecule has 0 bridgehead atoms. The minimum Gasteiger partial charge on any atom is -0.337 e. The van der Waals surface area contributed by atoms with Gasteiger partial charge in [-0.1, -0.05) is 0 Å². The van der Waals surface area contributed by atoms with Crippen molar-refractivity contribution in [3.05, 3.63) is 27.9 Å². The summed E-state index contributed by atoms with van der Waals surface area (Å²) in [4.78, 5) is 33.2. The van der Waals surface area contributed by atoms with Gasteiger partial charge in [0.1, 0.15) is 11.5 Å². The predicted octanol–water partition coefficient (Wildman–Crippen LogP) is 1.68. The van der Waals surface area contributed by atoms with E-state index < -0.39 is 0 Å².